The first-order valence-electron chi connectivity index (χ1n) is 9.39. The lowest BCUT2D eigenvalue weighted by Crippen LogP contribution is -2.64. The molecule has 1 saturated carbocycles. The van der Waals surface area contributed by atoms with Gasteiger partial charge < -0.3 is 9.80 Å². The van der Waals surface area contributed by atoms with Crippen LogP contribution in [0.2, 0.25) is 0 Å². The fraction of sp³-hybridized carbons (Fsp3) is 0.409. The van der Waals surface area contributed by atoms with E-state index in [2.05, 4.69) is 69.4 Å². The third-order valence-corrected chi connectivity index (χ3v) is 6.53. The van der Waals surface area contributed by atoms with Crippen molar-refractivity contribution in [3.05, 3.63) is 58.6 Å². The normalized spacial score (nSPS) is 21.6. The minimum Gasteiger partial charge on any atom is -0.378 e. The highest BCUT2D eigenvalue weighted by Gasteiger charge is 2.61. The van der Waals surface area contributed by atoms with Gasteiger partial charge in [-0.05, 0) is 54.8 Å². The molecule has 0 bridgehead atoms. The van der Waals surface area contributed by atoms with Gasteiger partial charge in [-0.1, -0.05) is 47.3 Å². The molecule has 4 heteroatoms. The van der Waals surface area contributed by atoms with Gasteiger partial charge in [0.2, 0.25) is 5.91 Å². The van der Waals surface area contributed by atoms with Crippen molar-refractivity contribution >= 4 is 33.2 Å². The fourth-order valence-electron chi connectivity index (χ4n) is 4.62. The Labute approximate surface area is 164 Å². The molecule has 0 N–H and O–H groups in total. The molecule has 1 saturated heterocycles. The van der Waals surface area contributed by atoms with Crippen LogP contribution >= 0.6 is 15.9 Å². The van der Waals surface area contributed by atoms with Crippen molar-refractivity contribution in [2.24, 2.45) is 5.41 Å². The van der Waals surface area contributed by atoms with Gasteiger partial charge in [-0.15, -0.1) is 0 Å². The first-order valence-corrected chi connectivity index (χ1v) is 10.2. The second-order valence-electron chi connectivity index (χ2n) is 7.76. The molecule has 1 amide bonds. The van der Waals surface area contributed by atoms with Crippen LogP contribution in [0.5, 0.6) is 0 Å². The van der Waals surface area contributed by atoms with Crippen LogP contribution in [0.15, 0.2) is 53.0 Å². The van der Waals surface area contributed by atoms with Gasteiger partial charge in [-0.25, -0.2) is 0 Å². The van der Waals surface area contributed by atoms with Crippen LogP contribution < -0.4 is 9.80 Å². The standard InChI is InChI=1S/C22H25BrN2O/c1-24(2)18-10-12-19(13-11-18)25-20(16-6-8-17(23)9-7-16)22(21(25)26)14-4-3-5-15-22/h6-13,20H,3-5,14-15H2,1-2H3/t20-/m1/s1. The Morgan fingerprint density at radius 1 is 0.962 bits per heavy atom. The van der Waals surface area contributed by atoms with Crippen molar-refractivity contribution < 1.29 is 4.79 Å². The van der Waals surface area contributed by atoms with Gasteiger partial charge in [0.15, 0.2) is 0 Å². The quantitative estimate of drug-likeness (QED) is 0.616. The number of rotatable bonds is 3. The van der Waals surface area contributed by atoms with Crippen LogP contribution in [-0.2, 0) is 4.79 Å². The van der Waals surface area contributed by atoms with Crippen molar-refractivity contribution in [1.82, 2.24) is 0 Å². The number of carbonyl (C=O) groups is 1. The van der Waals surface area contributed by atoms with Crippen LogP contribution in [0, 0.1) is 5.41 Å². The molecule has 1 spiro atoms. The second kappa shape index (κ2) is 6.73. The van der Waals surface area contributed by atoms with Crippen molar-refractivity contribution in [3.8, 4) is 0 Å². The maximum absolute atomic E-state index is 13.3. The Morgan fingerprint density at radius 3 is 2.15 bits per heavy atom. The van der Waals surface area contributed by atoms with Crippen LogP contribution in [0.1, 0.15) is 43.7 Å². The number of nitrogens with zero attached hydrogens (tertiary/aromatic N) is 2. The molecule has 0 unspecified atom stereocenters. The Morgan fingerprint density at radius 2 is 1.58 bits per heavy atom. The molecule has 136 valence electrons. The average Bonchev–Trinajstić information content (AvgIpc) is 2.67. The zero-order valence-electron chi connectivity index (χ0n) is 15.4. The summed E-state index contributed by atoms with van der Waals surface area (Å²) in [4.78, 5) is 17.4. The smallest absolute Gasteiger partial charge is 0.236 e. The molecular formula is C22H25BrN2O. The van der Waals surface area contributed by atoms with Gasteiger partial charge in [-0.2, -0.15) is 0 Å². The highest BCUT2D eigenvalue weighted by molar-refractivity contribution is 9.10. The Hall–Kier alpha value is -1.81. The van der Waals surface area contributed by atoms with E-state index in [1.807, 2.05) is 19.0 Å². The summed E-state index contributed by atoms with van der Waals surface area (Å²) < 4.78 is 1.08. The molecular weight excluding hydrogens is 388 g/mol. The molecule has 26 heavy (non-hydrogen) atoms. The van der Waals surface area contributed by atoms with Crippen LogP contribution in [0.4, 0.5) is 11.4 Å². The molecule has 2 aromatic carbocycles. The summed E-state index contributed by atoms with van der Waals surface area (Å²) in [6.45, 7) is 0. The summed E-state index contributed by atoms with van der Waals surface area (Å²) in [5.41, 5.74) is 3.19. The van der Waals surface area contributed by atoms with Crippen LogP contribution in [0.25, 0.3) is 0 Å². The number of benzene rings is 2. The predicted molar refractivity (Wildman–Crippen MR) is 111 cm³/mol. The average molecular weight is 413 g/mol. The predicted octanol–water partition coefficient (Wildman–Crippen LogP) is 5.55. The maximum atomic E-state index is 13.3. The van der Waals surface area contributed by atoms with E-state index in [9.17, 15) is 4.79 Å². The molecule has 0 aromatic heterocycles. The van der Waals surface area contributed by atoms with E-state index in [1.165, 1.54) is 12.0 Å². The van der Waals surface area contributed by atoms with E-state index in [0.717, 1.165) is 41.5 Å². The number of β-lactam (4-membered cyclic amide) rings is 1. The van der Waals surface area contributed by atoms with E-state index in [1.54, 1.807) is 0 Å². The summed E-state index contributed by atoms with van der Waals surface area (Å²) in [5.74, 6) is 0.308. The van der Waals surface area contributed by atoms with E-state index >= 15 is 0 Å². The van der Waals surface area contributed by atoms with Gasteiger partial charge in [-0.3, -0.25) is 4.79 Å². The van der Waals surface area contributed by atoms with Gasteiger partial charge in [0.25, 0.3) is 0 Å². The summed E-state index contributed by atoms with van der Waals surface area (Å²) in [7, 11) is 4.07. The number of halogens is 1. The molecule has 0 radical (unpaired) electrons. The van der Waals surface area contributed by atoms with E-state index in [0.29, 0.717) is 5.91 Å². The topological polar surface area (TPSA) is 23.6 Å². The van der Waals surface area contributed by atoms with Crippen molar-refractivity contribution in [2.45, 2.75) is 38.1 Å². The summed E-state index contributed by atoms with van der Waals surface area (Å²) in [6, 6.07) is 17.0. The molecule has 1 aliphatic carbocycles. The lowest BCUT2D eigenvalue weighted by Gasteiger charge is -2.58. The molecule has 3 nitrogen and oxygen atoms in total. The maximum Gasteiger partial charge on any atom is 0.236 e. The summed E-state index contributed by atoms with van der Waals surface area (Å²) >= 11 is 3.53. The fourth-order valence-corrected chi connectivity index (χ4v) is 4.88. The van der Waals surface area contributed by atoms with Crippen molar-refractivity contribution in [1.29, 1.82) is 0 Å². The minimum absolute atomic E-state index is 0.147. The molecule has 1 aliphatic heterocycles. The second-order valence-corrected chi connectivity index (χ2v) is 8.67. The van der Waals surface area contributed by atoms with E-state index < -0.39 is 0 Å². The zero-order chi connectivity index (χ0) is 18.3. The first-order chi connectivity index (χ1) is 12.5. The summed E-state index contributed by atoms with van der Waals surface area (Å²) in [5, 5.41) is 0. The number of hydrogen-bond acceptors (Lipinski definition) is 2. The summed E-state index contributed by atoms with van der Waals surface area (Å²) in [6.07, 6.45) is 5.59. The minimum atomic E-state index is -0.202. The molecule has 4 rings (SSSR count). The number of hydrogen-bond donors (Lipinski definition) is 0. The van der Waals surface area contributed by atoms with E-state index in [-0.39, 0.29) is 11.5 Å². The first kappa shape index (κ1) is 17.6. The highest BCUT2D eigenvalue weighted by atomic mass is 79.9. The molecule has 2 aromatic rings. The lowest BCUT2D eigenvalue weighted by atomic mass is 9.60. The van der Waals surface area contributed by atoms with Crippen LogP contribution in [0.3, 0.4) is 0 Å². The number of carbonyl (C=O) groups excluding carboxylic acids is 1. The Balaban J connectivity index is 1.72. The Kier molecular flexibility index (Phi) is 4.55. The zero-order valence-corrected chi connectivity index (χ0v) is 17.0. The monoisotopic (exact) mass is 412 g/mol. The Bertz CT molecular complexity index is 792. The lowest BCUT2D eigenvalue weighted by molar-refractivity contribution is -0.143. The molecule has 2 aliphatic rings. The number of anilines is 2. The van der Waals surface area contributed by atoms with E-state index in [4.69, 9.17) is 0 Å². The molecule has 1 heterocycles. The van der Waals surface area contributed by atoms with Gasteiger partial charge in [0.05, 0.1) is 11.5 Å². The molecule has 1 atom stereocenters. The van der Waals surface area contributed by atoms with Crippen molar-refractivity contribution in [3.63, 3.8) is 0 Å². The highest BCUT2D eigenvalue weighted by Crippen LogP contribution is 2.59. The van der Waals surface area contributed by atoms with Gasteiger partial charge >= 0.3 is 0 Å². The number of amides is 1. The third kappa shape index (κ3) is 2.75. The van der Waals surface area contributed by atoms with Crippen LogP contribution in [-0.4, -0.2) is 20.0 Å². The SMILES string of the molecule is CN(C)c1ccc(N2C(=O)C3(CCCCC3)[C@H]2c2ccc(Br)cc2)cc1. The van der Waals surface area contributed by atoms with Gasteiger partial charge in [0.1, 0.15) is 0 Å². The van der Waals surface area contributed by atoms with Gasteiger partial charge in [0, 0.05) is 29.9 Å². The third-order valence-electron chi connectivity index (χ3n) is 6.00. The van der Waals surface area contributed by atoms with Crippen molar-refractivity contribution in [2.75, 3.05) is 23.9 Å². The molecule has 2 fully saturated rings. The largest absolute Gasteiger partial charge is 0.378 e.